The van der Waals surface area contributed by atoms with Gasteiger partial charge in [0.25, 0.3) is 0 Å². The molecular weight excluding hydrogens is 256 g/mol. The summed E-state index contributed by atoms with van der Waals surface area (Å²) in [6.45, 7) is 3.08. The van der Waals surface area contributed by atoms with Crippen LogP contribution in [-0.2, 0) is 0 Å². The standard InChI is InChI=1S/C12H15ClN2O3/c1-8-5-6-14(7-11(8)16)10-4-2-3-9(13)12(10)15(17)18/h2-4,8,11,16H,5-7H2,1H3. The largest absolute Gasteiger partial charge is 0.391 e. The number of hydrogen-bond acceptors (Lipinski definition) is 4. The lowest BCUT2D eigenvalue weighted by Gasteiger charge is -2.35. The van der Waals surface area contributed by atoms with Crippen molar-refractivity contribution in [2.45, 2.75) is 19.4 Å². The first-order valence-electron chi connectivity index (χ1n) is 5.86. The van der Waals surface area contributed by atoms with E-state index in [4.69, 9.17) is 11.6 Å². The van der Waals surface area contributed by atoms with Gasteiger partial charge in [-0.15, -0.1) is 0 Å². The molecular formula is C12H15ClN2O3. The van der Waals surface area contributed by atoms with Crippen LogP contribution in [0.2, 0.25) is 5.02 Å². The van der Waals surface area contributed by atoms with Crippen molar-refractivity contribution in [1.82, 2.24) is 0 Å². The number of piperidine rings is 1. The molecule has 0 aromatic heterocycles. The highest BCUT2D eigenvalue weighted by atomic mass is 35.5. The number of nitrogens with zero attached hydrogens (tertiary/aromatic N) is 2. The molecule has 1 aromatic rings. The van der Waals surface area contributed by atoms with Crippen molar-refractivity contribution in [3.8, 4) is 0 Å². The minimum absolute atomic E-state index is 0.0825. The maximum absolute atomic E-state index is 11.1. The summed E-state index contributed by atoms with van der Waals surface area (Å²) < 4.78 is 0. The fraction of sp³-hybridized carbons (Fsp3) is 0.500. The van der Waals surface area contributed by atoms with Crippen molar-refractivity contribution in [3.05, 3.63) is 33.3 Å². The predicted molar refractivity (Wildman–Crippen MR) is 70.1 cm³/mol. The third-order valence-electron chi connectivity index (χ3n) is 3.41. The van der Waals surface area contributed by atoms with Crippen LogP contribution in [0, 0.1) is 16.0 Å². The Kier molecular flexibility index (Phi) is 3.73. The first-order chi connectivity index (χ1) is 8.50. The van der Waals surface area contributed by atoms with Crippen LogP contribution >= 0.6 is 11.6 Å². The molecule has 1 aliphatic rings. The monoisotopic (exact) mass is 270 g/mol. The third-order valence-corrected chi connectivity index (χ3v) is 3.71. The number of rotatable bonds is 2. The van der Waals surface area contributed by atoms with E-state index in [1.165, 1.54) is 6.07 Å². The summed E-state index contributed by atoms with van der Waals surface area (Å²) in [5.41, 5.74) is 0.402. The SMILES string of the molecule is CC1CCN(c2cccc(Cl)c2[N+](=O)[O-])CC1O. The average Bonchev–Trinajstić information content (AvgIpc) is 2.32. The van der Waals surface area contributed by atoms with Gasteiger partial charge < -0.3 is 10.0 Å². The summed E-state index contributed by atoms with van der Waals surface area (Å²) in [6.07, 6.45) is 0.350. The molecule has 1 saturated heterocycles. The Morgan fingerprint density at radius 2 is 2.28 bits per heavy atom. The predicted octanol–water partition coefficient (Wildman–Crippen LogP) is 2.46. The van der Waals surface area contributed by atoms with Gasteiger partial charge in [0.15, 0.2) is 0 Å². The molecule has 1 heterocycles. The number of nitro benzene ring substituents is 1. The van der Waals surface area contributed by atoms with Crippen molar-refractivity contribution >= 4 is 23.0 Å². The minimum atomic E-state index is -0.470. The van der Waals surface area contributed by atoms with Gasteiger partial charge in [0.1, 0.15) is 10.7 Å². The Morgan fingerprint density at radius 1 is 1.56 bits per heavy atom. The quantitative estimate of drug-likeness (QED) is 0.662. The molecule has 1 aliphatic heterocycles. The van der Waals surface area contributed by atoms with E-state index in [1.807, 2.05) is 11.8 Å². The van der Waals surface area contributed by atoms with E-state index in [0.29, 0.717) is 18.8 Å². The molecule has 2 unspecified atom stereocenters. The van der Waals surface area contributed by atoms with Gasteiger partial charge in [-0.05, 0) is 24.5 Å². The van der Waals surface area contributed by atoms with Gasteiger partial charge >= 0.3 is 5.69 Å². The first kappa shape index (κ1) is 13.1. The van der Waals surface area contributed by atoms with Crippen molar-refractivity contribution in [2.24, 2.45) is 5.92 Å². The van der Waals surface area contributed by atoms with E-state index < -0.39 is 11.0 Å². The van der Waals surface area contributed by atoms with Crippen LogP contribution in [0.25, 0.3) is 0 Å². The van der Waals surface area contributed by atoms with Crippen LogP contribution in [0.5, 0.6) is 0 Å². The molecule has 0 bridgehead atoms. The summed E-state index contributed by atoms with van der Waals surface area (Å²) >= 11 is 5.88. The Balaban J connectivity index is 2.34. The Bertz CT molecular complexity index is 467. The van der Waals surface area contributed by atoms with Gasteiger partial charge in [-0.1, -0.05) is 24.6 Å². The first-order valence-corrected chi connectivity index (χ1v) is 6.24. The molecule has 18 heavy (non-hydrogen) atoms. The second-order valence-corrected chi connectivity index (χ2v) is 5.05. The highest BCUT2D eigenvalue weighted by Gasteiger charge is 2.29. The van der Waals surface area contributed by atoms with E-state index in [2.05, 4.69) is 0 Å². The number of β-amino-alcohol motifs (C(OH)–C–C–N with tert-alkyl or cyclic N) is 1. The highest BCUT2D eigenvalue weighted by molar-refractivity contribution is 6.33. The van der Waals surface area contributed by atoms with Gasteiger partial charge in [0, 0.05) is 13.1 Å². The molecule has 0 aliphatic carbocycles. The Morgan fingerprint density at radius 3 is 2.89 bits per heavy atom. The van der Waals surface area contributed by atoms with Crippen LogP contribution in [0.1, 0.15) is 13.3 Å². The Labute approximate surface area is 110 Å². The van der Waals surface area contributed by atoms with Gasteiger partial charge in [-0.25, -0.2) is 0 Å². The maximum atomic E-state index is 11.1. The van der Waals surface area contributed by atoms with E-state index in [9.17, 15) is 15.2 Å². The minimum Gasteiger partial charge on any atom is -0.391 e. The van der Waals surface area contributed by atoms with E-state index in [0.717, 1.165) is 6.42 Å². The topological polar surface area (TPSA) is 66.6 Å². The second kappa shape index (κ2) is 5.12. The summed E-state index contributed by atoms with van der Waals surface area (Å²) in [5.74, 6) is 0.222. The number of hydrogen-bond donors (Lipinski definition) is 1. The molecule has 1 fully saturated rings. The number of nitro groups is 1. The molecule has 2 rings (SSSR count). The van der Waals surface area contributed by atoms with E-state index >= 15 is 0 Å². The summed E-state index contributed by atoms with van der Waals surface area (Å²) in [7, 11) is 0. The molecule has 2 atom stereocenters. The van der Waals surface area contributed by atoms with Crippen molar-refractivity contribution < 1.29 is 10.0 Å². The van der Waals surface area contributed by atoms with Crippen LogP contribution in [0.3, 0.4) is 0 Å². The summed E-state index contributed by atoms with van der Waals surface area (Å²) in [6, 6.07) is 4.87. The van der Waals surface area contributed by atoms with Crippen LogP contribution in [-0.4, -0.2) is 29.2 Å². The van der Waals surface area contributed by atoms with Gasteiger partial charge in [0.05, 0.1) is 11.0 Å². The fourth-order valence-corrected chi connectivity index (χ4v) is 2.45. The molecule has 98 valence electrons. The van der Waals surface area contributed by atoms with Crippen molar-refractivity contribution in [3.63, 3.8) is 0 Å². The van der Waals surface area contributed by atoms with E-state index in [-0.39, 0.29) is 16.6 Å². The smallest absolute Gasteiger partial charge is 0.310 e. The molecule has 1 N–H and O–H groups in total. The lowest BCUT2D eigenvalue weighted by Crippen LogP contribution is -2.43. The van der Waals surface area contributed by atoms with Crippen molar-refractivity contribution in [2.75, 3.05) is 18.0 Å². The maximum Gasteiger partial charge on any atom is 0.310 e. The number of aliphatic hydroxyl groups is 1. The number of anilines is 1. The number of para-hydroxylation sites is 1. The number of aliphatic hydroxyl groups excluding tert-OH is 1. The van der Waals surface area contributed by atoms with Crippen LogP contribution < -0.4 is 4.90 Å². The lowest BCUT2D eigenvalue weighted by atomic mass is 9.95. The molecule has 0 saturated carbocycles. The van der Waals surface area contributed by atoms with E-state index in [1.54, 1.807) is 12.1 Å². The molecule has 6 heteroatoms. The van der Waals surface area contributed by atoms with Gasteiger partial charge in [-0.2, -0.15) is 0 Å². The summed E-state index contributed by atoms with van der Waals surface area (Å²) in [5, 5.41) is 21.1. The molecule has 1 aromatic carbocycles. The highest BCUT2D eigenvalue weighted by Crippen LogP contribution is 2.36. The van der Waals surface area contributed by atoms with Gasteiger partial charge in [0.2, 0.25) is 0 Å². The fourth-order valence-electron chi connectivity index (χ4n) is 2.21. The van der Waals surface area contributed by atoms with Gasteiger partial charge in [-0.3, -0.25) is 10.1 Å². The summed E-state index contributed by atoms with van der Waals surface area (Å²) in [4.78, 5) is 12.4. The molecule has 0 radical (unpaired) electrons. The Hall–Kier alpha value is -1.33. The van der Waals surface area contributed by atoms with Crippen LogP contribution in [0.15, 0.2) is 18.2 Å². The zero-order valence-electron chi connectivity index (χ0n) is 10.0. The zero-order chi connectivity index (χ0) is 13.3. The third kappa shape index (κ3) is 2.42. The number of benzene rings is 1. The molecule has 0 amide bonds. The zero-order valence-corrected chi connectivity index (χ0v) is 10.8. The van der Waals surface area contributed by atoms with Crippen LogP contribution in [0.4, 0.5) is 11.4 Å². The van der Waals surface area contributed by atoms with Crippen molar-refractivity contribution in [1.29, 1.82) is 0 Å². The molecule has 0 spiro atoms. The molecule has 5 nitrogen and oxygen atoms in total. The second-order valence-electron chi connectivity index (χ2n) is 4.64. The lowest BCUT2D eigenvalue weighted by molar-refractivity contribution is -0.384. The average molecular weight is 271 g/mol. The normalized spacial score (nSPS) is 24.1. The number of halogens is 1.